The zero-order valence-electron chi connectivity index (χ0n) is 14.0. The predicted octanol–water partition coefficient (Wildman–Crippen LogP) is 6.64. The van der Waals surface area contributed by atoms with Crippen LogP contribution in [0, 0.1) is 0 Å². The van der Waals surface area contributed by atoms with Gasteiger partial charge in [-0.15, -0.1) is 0 Å². The Balaban J connectivity index is 2.51. The molecule has 23 heavy (non-hydrogen) atoms. The summed E-state index contributed by atoms with van der Waals surface area (Å²) in [6, 6.07) is 21.0. The summed E-state index contributed by atoms with van der Waals surface area (Å²) in [5.41, 5.74) is 3.49. The first-order chi connectivity index (χ1) is 11.4. The maximum absolute atomic E-state index is 2.28. The molecule has 0 N–H and O–H groups in total. The van der Waals surface area contributed by atoms with E-state index in [2.05, 4.69) is 110 Å². The van der Waals surface area contributed by atoms with E-state index in [4.69, 9.17) is 0 Å². The second-order valence-corrected chi connectivity index (χ2v) is 5.25. The Morgan fingerprint density at radius 1 is 0.783 bits per heavy atom. The minimum absolute atomic E-state index is 1.02. The number of para-hydroxylation sites is 2. The highest BCUT2D eigenvalue weighted by atomic mass is 15.1. The maximum Gasteiger partial charge on any atom is 0.0461 e. The zero-order valence-corrected chi connectivity index (χ0v) is 14.0. The number of benzene rings is 2. The maximum atomic E-state index is 2.28. The Labute approximate surface area is 140 Å². The largest absolute Gasteiger partial charge is 0.311 e. The summed E-state index contributed by atoms with van der Waals surface area (Å²) >= 11 is 0. The molecule has 0 radical (unpaired) electrons. The highest BCUT2D eigenvalue weighted by molar-refractivity contribution is 5.70. The number of hydrogen-bond acceptors (Lipinski definition) is 1. The van der Waals surface area contributed by atoms with Crippen LogP contribution < -0.4 is 4.90 Å². The number of rotatable bonds is 7. The van der Waals surface area contributed by atoms with E-state index in [0.717, 1.165) is 29.9 Å². The van der Waals surface area contributed by atoms with E-state index >= 15 is 0 Å². The number of nitrogens with zero attached hydrogens (tertiary/aromatic N) is 1. The molecule has 2 aromatic carbocycles. The number of anilines is 2. The lowest BCUT2D eigenvalue weighted by Crippen LogP contribution is -2.14. The molecule has 0 atom stereocenters. The van der Waals surface area contributed by atoms with E-state index in [-0.39, 0.29) is 0 Å². The van der Waals surface area contributed by atoms with Crippen molar-refractivity contribution in [1.82, 2.24) is 0 Å². The fourth-order valence-electron chi connectivity index (χ4n) is 2.35. The van der Waals surface area contributed by atoms with Crippen LogP contribution in [0.2, 0.25) is 0 Å². The van der Waals surface area contributed by atoms with Crippen molar-refractivity contribution in [3.8, 4) is 0 Å². The molecule has 0 saturated heterocycles. The van der Waals surface area contributed by atoms with Crippen LogP contribution in [0.15, 0.2) is 96.7 Å². The van der Waals surface area contributed by atoms with Crippen LogP contribution in [-0.4, -0.2) is 0 Å². The second kappa shape index (κ2) is 9.47. The fourth-order valence-corrected chi connectivity index (χ4v) is 2.35. The van der Waals surface area contributed by atoms with E-state index in [0.29, 0.717) is 0 Å². The van der Waals surface area contributed by atoms with Crippen molar-refractivity contribution in [1.29, 1.82) is 0 Å². The SMILES string of the molecule is CC\C=C/C=C(\C=C/CC)N(c1ccccc1)c1ccccc1. The standard InChI is InChI=1S/C22H25N/c1-3-5-9-15-20(14-6-4-2)23(21-16-10-7-11-17-21)22-18-12-8-13-19-22/h5-19H,3-4H2,1-2H3/b9-5-,14-6-,20-15+. The van der Waals surface area contributed by atoms with Gasteiger partial charge in [0, 0.05) is 17.1 Å². The van der Waals surface area contributed by atoms with Crippen molar-refractivity contribution in [2.75, 3.05) is 4.90 Å². The Morgan fingerprint density at radius 2 is 1.30 bits per heavy atom. The molecular formula is C22H25N. The first kappa shape index (κ1) is 16.8. The molecule has 0 aromatic heterocycles. The Hall–Kier alpha value is -2.54. The van der Waals surface area contributed by atoms with E-state index in [1.54, 1.807) is 0 Å². The smallest absolute Gasteiger partial charge is 0.0461 e. The van der Waals surface area contributed by atoms with Crippen molar-refractivity contribution in [3.05, 3.63) is 96.7 Å². The minimum Gasteiger partial charge on any atom is -0.311 e. The van der Waals surface area contributed by atoms with Crippen LogP contribution in [0.3, 0.4) is 0 Å². The molecule has 0 fully saturated rings. The molecule has 0 saturated carbocycles. The quantitative estimate of drug-likeness (QED) is 0.518. The van der Waals surface area contributed by atoms with Crippen LogP contribution >= 0.6 is 0 Å². The molecule has 0 heterocycles. The predicted molar refractivity (Wildman–Crippen MR) is 102 cm³/mol. The third-order valence-electron chi connectivity index (χ3n) is 3.45. The van der Waals surface area contributed by atoms with Crippen molar-refractivity contribution >= 4 is 11.4 Å². The fraction of sp³-hybridized carbons (Fsp3) is 0.182. The van der Waals surface area contributed by atoms with E-state index in [1.165, 1.54) is 0 Å². The molecule has 2 aromatic rings. The molecule has 2 rings (SSSR count). The van der Waals surface area contributed by atoms with E-state index in [1.807, 2.05) is 0 Å². The zero-order chi connectivity index (χ0) is 16.3. The van der Waals surface area contributed by atoms with Gasteiger partial charge in [-0.25, -0.2) is 0 Å². The lowest BCUT2D eigenvalue weighted by atomic mass is 10.2. The molecule has 118 valence electrons. The van der Waals surface area contributed by atoms with Gasteiger partial charge in [-0.1, -0.05) is 68.5 Å². The topological polar surface area (TPSA) is 3.24 Å². The van der Waals surface area contributed by atoms with Crippen molar-refractivity contribution in [2.45, 2.75) is 26.7 Å². The van der Waals surface area contributed by atoms with Gasteiger partial charge in [-0.2, -0.15) is 0 Å². The third-order valence-corrected chi connectivity index (χ3v) is 3.45. The molecule has 0 spiro atoms. The summed E-state index contributed by atoms with van der Waals surface area (Å²) in [5.74, 6) is 0. The average Bonchev–Trinajstić information content (AvgIpc) is 2.61. The average molecular weight is 303 g/mol. The molecule has 1 heteroatoms. The first-order valence-corrected chi connectivity index (χ1v) is 8.30. The number of hydrogen-bond donors (Lipinski definition) is 0. The minimum atomic E-state index is 1.02. The van der Waals surface area contributed by atoms with Gasteiger partial charge in [0.2, 0.25) is 0 Å². The second-order valence-electron chi connectivity index (χ2n) is 5.25. The van der Waals surface area contributed by atoms with Gasteiger partial charge in [0.05, 0.1) is 0 Å². The Bertz CT molecular complexity index is 611. The van der Waals surface area contributed by atoms with Crippen LogP contribution in [0.1, 0.15) is 26.7 Å². The summed E-state index contributed by atoms with van der Waals surface area (Å²) in [5, 5.41) is 0. The molecule has 0 amide bonds. The molecule has 0 aliphatic rings. The van der Waals surface area contributed by atoms with Gasteiger partial charge in [0.25, 0.3) is 0 Å². The lowest BCUT2D eigenvalue weighted by molar-refractivity contribution is 1.17. The molecular weight excluding hydrogens is 278 g/mol. The van der Waals surface area contributed by atoms with Crippen molar-refractivity contribution in [2.24, 2.45) is 0 Å². The van der Waals surface area contributed by atoms with E-state index in [9.17, 15) is 0 Å². The molecule has 1 nitrogen and oxygen atoms in total. The monoisotopic (exact) mass is 303 g/mol. The van der Waals surface area contributed by atoms with E-state index < -0.39 is 0 Å². The normalized spacial score (nSPS) is 12.2. The summed E-state index contributed by atoms with van der Waals surface area (Å²) < 4.78 is 0. The summed E-state index contributed by atoms with van der Waals surface area (Å²) in [6.07, 6.45) is 12.9. The molecule has 0 bridgehead atoms. The number of allylic oxidation sites excluding steroid dienone is 5. The highest BCUT2D eigenvalue weighted by Gasteiger charge is 2.11. The van der Waals surface area contributed by atoms with Gasteiger partial charge in [-0.3, -0.25) is 0 Å². The Kier molecular flexibility index (Phi) is 6.93. The highest BCUT2D eigenvalue weighted by Crippen LogP contribution is 2.30. The summed E-state index contributed by atoms with van der Waals surface area (Å²) in [6.45, 7) is 4.31. The van der Waals surface area contributed by atoms with Crippen molar-refractivity contribution in [3.63, 3.8) is 0 Å². The molecule has 0 aliphatic heterocycles. The summed E-state index contributed by atoms with van der Waals surface area (Å²) in [7, 11) is 0. The molecule has 0 unspecified atom stereocenters. The van der Waals surface area contributed by atoms with Gasteiger partial charge in [-0.05, 0) is 49.3 Å². The first-order valence-electron chi connectivity index (χ1n) is 8.30. The Morgan fingerprint density at radius 3 is 1.78 bits per heavy atom. The van der Waals surface area contributed by atoms with Crippen LogP contribution in [0.25, 0.3) is 0 Å². The van der Waals surface area contributed by atoms with Crippen LogP contribution in [0.4, 0.5) is 11.4 Å². The van der Waals surface area contributed by atoms with Gasteiger partial charge in [0.15, 0.2) is 0 Å². The van der Waals surface area contributed by atoms with Gasteiger partial charge >= 0.3 is 0 Å². The van der Waals surface area contributed by atoms with Gasteiger partial charge < -0.3 is 4.90 Å². The molecule has 0 aliphatic carbocycles. The van der Waals surface area contributed by atoms with Crippen molar-refractivity contribution < 1.29 is 0 Å². The van der Waals surface area contributed by atoms with Crippen LogP contribution in [-0.2, 0) is 0 Å². The summed E-state index contributed by atoms with van der Waals surface area (Å²) in [4.78, 5) is 2.28. The lowest BCUT2D eigenvalue weighted by Gasteiger charge is -2.26. The van der Waals surface area contributed by atoms with Gasteiger partial charge in [0.1, 0.15) is 0 Å². The van der Waals surface area contributed by atoms with Crippen LogP contribution in [0.5, 0.6) is 0 Å². The third kappa shape index (κ3) is 5.00.